The molecule has 5 heteroatoms. The Kier molecular flexibility index (Phi) is 5.28. The quantitative estimate of drug-likeness (QED) is 0.809. The van der Waals surface area contributed by atoms with Crippen molar-refractivity contribution in [3.63, 3.8) is 0 Å². The van der Waals surface area contributed by atoms with Crippen molar-refractivity contribution in [2.45, 2.75) is 26.3 Å². The zero-order valence-corrected chi connectivity index (χ0v) is 11.3. The fourth-order valence-electron chi connectivity index (χ4n) is 1.72. The predicted molar refractivity (Wildman–Crippen MR) is 71.3 cm³/mol. The Balaban J connectivity index is 3.02. The van der Waals surface area contributed by atoms with E-state index in [1.54, 1.807) is 4.90 Å². The number of rotatable bonds is 5. The summed E-state index contributed by atoms with van der Waals surface area (Å²) < 4.78 is 0. The van der Waals surface area contributed by atoms with Crippen molar-refractivity contribution >= 4 is 17.5 Å². The van der Waals surface area contributed by atoms with E-state index in [4.69, 9.17) is 11.6 Å². The Morgan fingerprint density at radius 2 is 1.89 bits per heavy atom. The molecular formula is C13H18ClNO3. The van der Waals surface area contributed by atoms with Crippen molar-refractivity contribution in [2.24, 2.45) is 0 Å². The van der Waals surface area contributed by atoms with E-state index >= 15 is 0 Å². The molecule has 0 heterocycles. The van der Waals surface area contributed by atoms with Crippen LogP contribution < -0.4 is 0 Å². The number of hydrogen-bond donors (Lipinski definition) is 2. The number of hydrogen-bond acceptors (Lipinski definition) is 3. The van der Waals surface area contributed by atoms with Crippen molar-refractivity contribution in [3.8, 4) is 11.5 Å². The molecule has 0 unspecified atom stereocenters. The summed E-state index contributed by atoms with van der Waals surface area (Å²) in [5.74, 6) is -0.345. The lowest BCUT2D eigenvalue weighted by Crippen LogP contribution is -2.38. The van der Waals surface area contributed by atoms with E-state index in [9.17, 15) is 15.0 Å². The summed E-state index contributed by atoms with van der Waals surface area (Å²) in [5.41, 5.74) is -0.0548. The van der Waals surface area contributed by atoms with Crippen LogP contribution in [0.3, 0.4) is 0 Å². The highest BCUT2D eigenvalue weighted by Crippen LogP contribution is 2.28. The van der Waals surface area contributed by atoms with Gasteiger partial charge < -0.3 is 15.1 Å². The second kappa shape index (κ2) is 6.50. The van der Waals surface area contributed by atoms with E-state index in [2.05, 4.69) is 0 Å². The van der Waals surface area contributed by atoms with Gasteiger partial charge in [-0.05, 0) is 32.4 Å². The predicted octanol–water partition coefficient (Wildman–Crippen LogP) is 2.58. The zero-order valence-electron chi connectivity index (χ0n) is 10.6. The minimum Gasteiger partial charge on any atom is -0.507 e. The molecule has 0 atom stereocenters. The first-order valence-corrected chi connectivity index (χ1v) is 6.40. The molecule has 0 spiro atoms. The summed E-state index contributed by atoms with van der Waals surface area (Å²) in [7, 11) is 0. The minimum absolute atomic E-state index is 0.0280. The first-order valence-electron chi connectivity index (χ1n) is 5.87. The van der Waals surface area contributed by atoms with Gasteiger partial charge in [-0.3, -0.25) is 4.79 Å². The van der Waals surface area contributed by atoms with E-state index in [-0.39, 0.29) is 29.0 Å². The van der Waals surface area contributed by atoms with Crippen molar-refractivity contribution in [3.05, 3.63) is 23.8 Å². The number of carbonyl (C=O) groups is 1. The molecule has 1 aromatic rings. The summed E-state index contributed by atoms with van der Waals surface area (Å²) in [6, 6.07) is 4.22. The molecule has 0 fully saturated rings. The van der Waals surface area contributed by atoms with Gasteiger partial charge in [0.05, 0.1) is 0 Å². The van der Waals surface area contributed by atoms with E-state index in [0.717, 1.165) is 0 Å². The summed E-state index contributed by atoms with van der Waals surface area (Å²) in [6.45, 7) is 4.25. The van der Waals surface area contributed by atoms with E-state index < -0.39 is 0 Å². The molecule has 0 aromatic heterocycles. The van der Waals surface area contributed by atoms with Gasteiger partial charge in [-0.2, -0.15) is 0 Å². The Morgan fingerprint density at radius 3 is 2.33 bits per heavy atom. The fraction of sp³-hybridized carbons (Fsp3) is 0.462. The van der Waals surface area contributed by atoms with Crippen LogP contribution in [-0.2, 0) is 0 Å². The number of carbonyl (C=O) groups excluding carboxylic acids is 1. The number of alkyl halides is 1. The lowest BCUT2D eigenvalue weighted by Gasteiger charge is -2.27. The molecule has 18 heavy (non-hydrogen) atoms. The average molecular weight is 272 g/mol. The van der Waals surface area contributed by atoms with Gasteiger partial charge in [0.2, 0.25) is 0 Å². The summed E-state index contributed by atoms with van der Waals surface area (Å²) >= 11 is 5.63. The normalized spacial score (nSPS) is 10.7. The summed E-state index contributed by atoms with van der Waals surface area (Å²) in [6.07, 6.45) is 0.667. The molecule has 4 nitrogen and oxygen atoms in total. The third-order valence-electron chi connectivity index (χ3n) is 2.65. The van der Waals surface area contributed by atoms with Crippen LogP contribution in [0.4, 0.5) is 0 Å². The number of nitrogens with zero attached hydrogens (tertiary/aromatic N) is 1. The van der Waals surface area contributed by atoms with Gasteiger partial charge in [-0.1, -0.05) is 6.07 Å². The third-order valence-corrected chi connectivity index (χ3v) is 2.92. The SMILES string of the molecule is CC(C)N(CCCCl)C(=O)c1c(O)cccc1O. The second-order valence-electron chi connectivity index (χ2n) is 4.31. The largest absolute Gasteiger partial charge is 0.507 e. The van der Waals surface area contributed by atoms with Gasteiger partial charge in [0.1, 0.15) is 17.1 Å². The molecule has 1 amide bonds. The Morgan fingerprint density at radius 1 is 1.33 bits per heavy atom. The Bertz CT molecular complexity index is 400. The number of aromatic hydroxyl groups is 2. The molecule has 0 radical (unpaired) electrons. The van der Waals surface area contributed by atoms with Gasteiger partial charge in [0.15, 0.2) is 0 Å². The van der Waals surface area contributed by atoms with Crippen molar-refractivity contribution in [2.75, 3.05) is 12.4 Å². The molecule has 2 N–H and O–H groups in total. The van der Waals surface area contributed by atoms with Gasteiger partial charge in [-0.15, -0.1) is 11.6 Å². The fourth-order valence-corrected chi connectivity index (χ4v) is 1.83. The van der Waals surface area contributed by atoms with Crippen LogP contribution in [-0.4, -0.2) is 39.5 Å². The molecule has 0 saturated heterocycles. The molecule has 0 aliphatic rings. The number of benzene rings is 1. The van der Waals surface area contributed by atoms with Crippen LogP contribution >= 0.6 is 11.6 Å². The molecule has 1 rings (SSSR count). The molecule has 0 saturated carbocycles. The maximum absolute atomic E-state index is 12.3. The van der Waals surface area contributed by atoms with Crippen LogP contribution in [0.1, 0.15) is 30.6 Å². The molecule has 0 bridgehead atoms. The highest BCUT2D eigenvalue weighted by Gasteiger charge is 2.23. The smallest absolute Gasteiger partial charge is 0.261 e. The lowest BCUT2D eigenvalue weighted by atomic mass is 10.1. The maximum Gasteiger partial charge on any atom is 0.261 e. The monoisotopic (exact) mass is 271 g/mol. The second-order valence-corrected chi connectivity index (χ2v) is 4.68. The van der Waals surface area contributed by atoms with Gasteiger partial charge in [0.25, 0.3) is 5.91 Å². The lowest BCUT2D eigenvalue weighted by molar-refractivity contribution is 0.0700. The van der Waals surface area contributed by atoms with Crippen LogP contribution in [0.25, 0.3) is 0 Å². The number of amides is 1. The minimum atomic E-state index is -0.384. The van der Waals surface area contributed by atoms with Gasteiger partial charge >= 0.3 is 0 Å². The standard InChI is InChI=1S/C13H18ClNO3/c1-9(2)15(8-4-7-14)13(18)12-10(16)5-3-6-11(12)17/h3,5-6,9,16-17H,4,7-8H2,1-2H3. The van der Waals surface area contributed by atoms with Crippen LogP contribution in [0, 0.1) is 0 Å². The molecular weight excluding hydrogens is 254 g/mol. The van der Waals surface area contributed by atoms with E-state index in [0.29, 0.717) is 18.8 Å². The van der Waals surface area contributed by atoms with Crippen molar-refractivity contribution in [1.29, 1.82) is 0 Å². The molecule has 1 aromatic carbocycles. The average Bonchev–Trinajstić information content (AvgIpc) is 2.28. The number of halogens is 1. The molecule has 0 aliphatic heterocycles. The maximum atomic E-state index is 12.3. The van der Waals surface area contributed by atoms with Gasteiger partial charge in [0, 0.05) is 18.5 Å². The topological polar surface area (TPSA) is 60.8 Å². The molecule has 0 aliphatic carbocycles. The highest BCUT2D eigenvalue weighted by molar-refractivity contribution is 6.17. The first kappa shape index (κ1) is 14.6. The van der Waals surface area contributed by atoms with Crippen LogP contribution in [0.15, 0.2) is 18.2 Å². The Hall–Kier alpha value is -1.42. The van der Waals surface area contributed by atoms with Crippen LogP contribution in [0.5, 0.6) is 11.5 Å². The zero-order chi connectivity index (χ0) is 13.7. The first-order chi connectivity index (χ1) is 8.49. The summed E-state index contributed by atoms with van der Waals surface area (Å²) in [5, 5.41) is 19.4. The van der Waals surface area contributed by atoms with Crippen molar-refractivity contribution < 1.29 is 15.0 Å². The van der Waals surface area contributed by atoms with Crippen molar-refractivity contribution in [1.82, 2.24) is 4.90 Å². The van der Waals surface area contributed by atoms with E-state index in [1.165, 1.54) is 18.2 Å². The Labute approximate surface area is 112 Å². The molecule has 100 valence electrons. The number of phenolic OH excluding ortho intramolecular Hbond substituents is 2. The van der Waals surface area contributed by atoms with Gasteiger partial charge in [-0.25, -0.2) is 0 Å². The third kappa shape index (κ3) is 3.29. The highest BCUT2D eigenvalue weighted by atomic mass is 35.5. The number of phenols is 2. The summed E-state index contributed by atoms with van der Waals surface area (Å²) in [4.78, 5) is 13.9. The van der Waals surface area contributed by atoms with Crippen LogP contribution in [0.2, 0.25) is 0 Å². The van der Waals surface area contributed by atoms with E-state index in [1.807, 2.05) is 13.8 Å².